The van der Waals surface area contributed by atoms with E-state index in [1.54, 1.807) is 12.1 Å². The summed E-state index contributed by atoms with van der Waals surface area (Å²) >= 11 is 3.21. The lowest BCUT2D eigenvalue weighted by molar-refractivity contribution is -0.274. The van der Waals surface area contributed by atoms with Crippen LogP contribution in [0.4, 0.5) is 30.6 Å². The van der Waals surface area contributed by atoms with Crippen LogP contribution >= 0.6 is 15.9 Å². The molecule has 4 aromatic rings. The van der Waals surface area contributed by atoms with Crippen LogP contribution in [0.3, 0.4) is 0 Å². The van der Waals surface area contributed by atoms with Crippen molar-refractivity contribution in [3.63, 3.8) is 0 Å². The molecule has 0 atom stereocenters. The maximum Gasteiger partial charge on any atom is 0.573 e. The number of anilines is 3. The Hall–Kier alpha value is -3.37. The normalized spacial score (nSPS) is 17.3. The molecule has 1 aromatic heterocycles. The molecule has 1 aliphatic carbocycles. The molecule has 0 unspecified atom stereocenters. The number of rotatable bonds is 8. The van der Waals surface area contributed by atoms with E-state index in [1.165, 1.54) is 6.07 Å². The van der Waals surface area contributed by atoms with E-state index in [1.807, 2.05) is 54.6 Å². The first-order chi connectivity index (χ1) is 18.3. The number of para-hydroxylation sites is 2. The molecule has 5 rings (SSSR count). The van der Waals surface area contributed by atoms with Crippen molar-refractivity contribution < 1.29 is 17.9 Å². The molecule has 10 heteroatoms. The van der Waals surface area contributed by atoms with E-state index in [0.29, 0.717) is 22.5 Å². The Bertz CT molecular complexity index is 1380. The molecule has 0 aliphatic heterocycles. The molecule has 0 spiro atoms. The number of nitrogens with one attached hydrogen (secondary N) is 3. The second-order valence-corrected chi connectivity index (χ2v) is 10.2. The molecule has 0 radical (unpaired) electrons. The molecular weight excluding hydrogens is 571 g/mol. The van der Waals surface area contributed by atoms with E-state index in [0.717, 1.165) is 48.1 Å². The molecule has 6 nitrogen and oxygen atoms in total. The summed E-state index contributed by atoms with van der Waals surface area (Å²) < 4.78 is 43.2. The number of fused-ring (bicyclic) bond motifs is 1. The van der Waals surface area contributed by atoms with Crippen LogP contribution in [-0.4, -0.2) is 28.4 Å². The summed E-state index contributed by atoms with van der Waals surface area (Å²) in [4.78, 5) is 9.50. The molecule has 3 aromatic carbocycles. The maximum absolute atomic E-state index is 12.8. The zero-order chi connectivity index (χ0) is 26.5. The van der Waals surface area contributed by atoms with E-state index in [2.05, 4.69) is 36.6 Å². The van der Waals surface area contributed by atoms with Crippen LogP contribution in [0.25, 0.3) is 10.9 Å². The van der Waals surface area contributed by atoms with Crippen molar-refractivity contribution in [3.8, 4) is 5.75 Å². The molecule has 39 heavy (non-hydrogen) atoms. The zero-order valence-corrected chi connectivity index (χ0v) is 22.0. The number of halogens is 4. The van der Waals surface area contributed by atoms with Gasteiger partial charge in [-0.3, -0.25) is 0 Å². The Balaban J connectivity index is 0.00000353. The Morgan fingerprint density at radius 3 is 2.31 bits per heavy atom. The van der Waals surface area contributed by atoms with Gasteiger partial charge >= 0.3 is 6.36 Å². The molecule has 0 bridgehead atoms. The fourth-order valence-corrected chi connectivity index (χ4v) is 5.01. The van der Waals surface area contributed by atoms with Gasteiger partial charge in [0, 0.05) is 39.7 Å². The number of benzene rings is 3. The highest BCUT2D eigenvalue weighted by atomic mass is 79.9. The summed E-state index contributed by atoms with van der Waals surface area (Å²) in [6, 6.07) is 22.9. The summed E-state index contributed by atoms with van der Waals surface area (Å²) in [6.07, 6.45) is -1.19. The van der Waals surface area contributed by atoms with Crippen molar-refractivity contribution in [1.29, 1.82) is 0 Å². The number of hydrogen-bond acceptors (Lipinski definition) is 6. The summed E-state index contributed by atoms with van der Waals surface area (Å²) in [5.74, 6) is 1.12. The van der Waals surface area contributed by atoms with Gasteiger partial charge < -0.3 is 20.7 Å². The van der Waals surface area contributed by atoms with E-state index in [4.69, 9.17) is 9.97 Å². The predicted octanol–water partition coefficient (Wildman–Crippen LogP) is 8.18. The zero-order valence-electron chi connectivity index (χ0n) is 20.4. The van der Waals surface area contributed by atoms with Gasteiger partial charge in [-0.05, 0) is 62.1 Å². The highest BCUT2D eigenvalue weighted by Crippen LogP contribution is 2.31. The van der Waals surface area contributed by atoms with Gasteiger partial charge in [0.15, 0.2) is 0 Å². The largest absolute Gasteiger partial charge is 0.573 e. The smallest absolute Gasteiger partial charge is 0.405 e. The van der Waals surface area contributed by atoms with Crippen molar-refractivity contribution in [2.45, 2.75) is 58.1 Å². The third kappa shape index (κ3) is 7.83. The minimum atomic E-state index is -4.74. The minimum Gasteiger partial charge on any atom is -0.405 e. The van der Waals surface area contributed by atoms with Gasteiger partial charge in [0.2, 0.25) is 5.95 Å². The predicted molar refractivity (Wildman–Crippen MR) is 153 cm³/mol. The lowest BCUT2D eigenvalue weighted by Gasteiger charge is -2.30. The fourth-order valence-electron chi connectivity index (χ4n) is 4.67. The van der Waals surface area contributed by atoms with E-state index < -0.39 is 6.36 Å². The molecule has 1 saturated carbocycles. The number of hydrogen-bond donors (Lipinski definition) is 3. The highest BCUT2D eigenvalue weighted by molar-refractivity contribution is 9.10. The molecule has 1 heterocycles. The monoisotopic (exact) mass is 601 g/mol. The van der Waals surface area contributed by atoms with Crippen molar-refractivity contribution in [2.24, 2.45) is 0 Å². The summed E-state index contributed by atoms with van der Waals surface area (Å²) in [5.41, 5.74) is 2.27. The molecule has 3 N–H and O–H groups in total. The van der Waals surface area contributed by atoms with Crippen LogP contribution in [-0.2, 0) is 6.54 Å². The average Bonchev–Trinajstić information content (AvgIpc) is 2.89. The second-order valence-electron chi connectivity index (χ2n) is 9.28. The van der Waals surface area contributed by atoms with Crippen LogP contribution < -0.4 is 20.7 Å². The lowest BCUT2D eigenvalue weighted by Crippen LogP contribution is -2.37. The molecule has 0 saturated heterocycles. The number of nitrogens with zero attached hydrogens (tertiary/aromatic N) is 2. The first-order valence-corrected chi connectivity index (χ1v) is 13.2. The van der Waals surface area contributed by atoms with Gasteiger partial charge in [-0.15, -0.1) is 13.2 Å². The quantitative estimate of drug-likeness (QED) is 0.189. The SMILES string of the molecule is C.FC(F)(F)Oc1cc(Br)ccc1CNC1CCC(Nc2nc(Nc3ccccc3)c3ccccc3n2)CC1. The van der Waals surface area contributed by atoms with Gasteiger partial charge in [-0.2, -0.15) is 4.98 Å². The molecule has 0 amide bonds. The van der Waals surface area contributed by atoms with Crippen LogP contribution in [0.15, 0.2) is 77.3 Å². The first kappa shape index (κ1) is 28.6. The van der Waals surface area contributed by atoms with Gasteiger partial charge in [0.25, 0.3) is 0 Å². The Morgan fingerprint density at radius 1 is 0.872 bits per heavy atom. The average molecular weight is 602 g/mol. The van der Waals surface area contributed by atoms with E-state index >= 15 is 0 Å². The first-order valence-electron chi connectivity index (χ1n) is 12.5. The number of aromatic nitrogens is 2. The molecular formula is C29H31BrF3N5O. The summed E-state index contributed by atoms with van der Waals surface area (Å²) in [7, 11) is 0. The summed E-state index contributed by atoms with van der Waals surface area (Å²) in [5, 5.41) is 11.2. The third-order valence-electron chi connectivity index (χ3n) is 6.54. The lowest BCUT2D eigenvalue weighted by atomic mass is 9.91. The number of alkyl halides is 3. The highest BCUT2D eigenvalue weighted by Gasteiger charge is 2.32. The fraction of sp³-hybridized carbons (Fsp3) is 0.310. The Morgan fingerprint density at radius 2 is 1.56 bits per heavy atom. The molecule has 206 valence electrons. The van der Waals surface area contributed by atoms with Crippen molar-refractivity contribution in [3.05, 3.63) is 82.8 Å². The second kappa shape index (κ2) is 12.7. The van der Waals surface area contributed by atoms with Gasteiger partial charge in [-0.25, -0.2) is 4.98 Å². The van der Waals surface area contributed by atoms with Crippen molar-refractivity contribution >= 4 is 44.3 Å². The van der Waals surface area contributed by atoms with Crippen molar-refractivity contribution in [2.75, 3.05) is 10.6 Å². The topological polar surface area (TPSA) is 71.1 Å². The van der Waals surface area contributed by atoms with Crippen LogP contribution in [0.1, 0.15) is 38.7 Å². The maximum atomic E-state index is 12.8. The van der Waals surface area contributed by atoms with Gasteiger partial charge in [0.1, 0.15) is 11.6 Å². The summed E-state index contributed by atoms with van der Waals surface area (Å²) in [6.45, 7) is 0.295. The molecule has 1 fully saturated rings. The van der Waals surface area contributed by atoms with Gasteiger partial charge in [0.05, 0.1) is 5.52 Å². The van der Waals surface area contributed by atoms with Crippen LogP contribution in [0.5, 0.6) is 5.75 Å². The minimum absolute atomic E-state index is 0. The van der Waals surface area contributed by atoms with Gasteiger partial charge in [-0.1, -0.05) is 59.8 Å². The Kier molecular flexibility index (Phi) is 9.29. The van der Waals surface area contributed by atoms with E-state index in [9.17, 15) is 13.2 Å². The van der Waals surface area contributed by atoms with Crippen LogP contribution in [0.2, 0.25) is 0 Å². The third-order valence-corrected chi connectivity index (χ3v) is 7.03. The Labute approximate surface area is 234 Å². The molecule has 1 aliphatic rings. The van der Waals surface area contributed by atoms with Crippen LogP contribution in [0, 0.1) is 0 Å². The van der Waals surface area contributed by atoms with Crippen molar-refractivity contribution in [1.82, 2.24) is 15.3 Å². The number of ether oxygens (including phenoxy) is 1. The standard InChI is InChI=1S/C28H27BrF3N5O.CH4/c29-19-11-10-18(25(16-19)38-28(30,31)32)17-33-20-12-14-22(15-13-20)35-27-36-24-9-5-4-8-23(24)26(37-27)34-21-6-2-1-3-7-21;/h1-11,16,20,22,33H,12-15,17H2,(H2,34,35,36,37);1H4. The van der Waals surface area contributed by atoms with E-state index in [-0.39, 0.29) is 25.3 Å².